The van der Waals surface area contributed by atoms with Gasteiger partial charge in [0.15, 0.2) is 0 Å². The van der Waals surface area contributed by atoms with Gasteiger partial charge in [0.25, 0.3) is 5.91 Å². The van der Waals surface area contributed by atoms with Crippen LogP contribution >= 0.6 is 0 Å². The highest BCUT2D eigenvalue weighted by Gasteiger charge is 2.25. The molecule has 3 N–H and O–H groups in total. The number of carbonyl (C=O) groups is 2. The minimum atomic E-state index is -0.364. The van der Waals surface area contributed by atoms with Crippen molar-refractivity contribution in [3.8, 4) is 5.75 Å². The molecule has 41 heavy (non-hydrogen) atoms. The van der Waals surface area contributed by atoms with Gasteiger partial charge in [-0.3, -0.25) is 4.79 Å². The summed E-state index contributed by atoms with van der Waals surface area (Å²) < 4.78 is 11.3. The lowest BCUT2D eigenvalue weighted by Gasteiger charge is -2.38. The average Bonchev–Trinajstić information content (AvgIpc) is 3.52. The van der Waals surface area contributed by atoms with Gasteiger partial charge >= 0.3 is 6.03 Å². The molecule has 2 heterocycles. The zero-order chi connectivity index (χ0) is 28.8. The van der Waals surface area contributed by atoms with Crippen LogP contribution < -0.4 is 30.5 Å². The molecule has 3 aromatic rings. The SMILES string of the molecule is COc1ccccc1N1CCN(c2ccc(NC(=O)Nc3ccc(C)c(C)c3)cc2C(=O)NCC2CCCO2)CC1. The number of para-hydroxylation sites is 2. The van der Waals surface area contributed by atoms with E-state index in [2.05, 4.69) is 31.8 Å². The van der Waals surface area contributed by atoms with Gasteiger partial charge in [-0.15, -0.1) is 0 Å². The molecule has 2 fully saturated rings. The summed E-state index contributed by atoms with van der Waals surface area (Å²) in [6, 6.07) is 19.0. The van der Waals surface area contributed by atoms with E-state index >= 15 is 0 Å². The summed E-state index contributed by atoms with van der Waals surface area (Å²) in [4.78, 5) is 30.8. The van der Waals surface area contributed by atoms with Crippen LogP contribution in [0.5, 0.6) is 5.75 Å². The number of aryl methyl sites for hydroxylation is 2. The first-order chi connectivity index (χ1) is 19.9. The van der Waals surface area contributed by atoms with Crippen LogP contribution in [-0.2, 0) is 4.74 Å². The zero-order valence-electron chi connectivity index (χ0n) is 24.0. The summed E-state index contributed by atoms with van der Waals surface area (Å²) in [5, 5.41) is 8.83. The fraction of sp³-hybridized carbons (Fsp3) is 0.375. The number of carbonyl (C=O) groups excluding carboxylic acids is 2. The summed E-state index contributed by atoms with van der Waals surface area (Å²) >= 11 is 0. The molecule has 0 aliphatic carbocycles. The second kappa shape index (κ2) is 13.0. The Morgan fingerprint density at radius 1 is 0.878 bits per heavy atom. The van der Waals surface area contributed by atoms with Crippen LogP contribution in [0.25, 0.3) is 0 Å². The molecule has 0 aromatic heterocycles. The summed E-state index contributed by atoms with van der Waals surface area (Å²) in [5.41, 5.74) is 5.96. The number of amides is 3. The maximum absolute atomic E-state index is 13.5. The highest BCUT2D eigenvalue weighted by atomic mass is 16.5. The molecule has 2 aliphatic heterocycles. The molecular formula is C32H39N5O4. The van der Waals surface area contributed by atoms with Crippen molar-refractivity contribution < 1.29 is 19.1 Å². The van der Waals surface area contributed by atoms with Crippen LogP contribution in [0.1, 0.15) is 34.3 Å². The van der Waals surface area contributed by atoms with Crippen molar-refractivity contribution in [3.63, 3.8) is 0 Å². The molecule has 5 rings (SSSR count). The Hall–Kier alpha value is -4.24. The summed E-state index contributed by atoms with van der Waals surface area (Å²) in [7, 11) is 1.69. The van der Waals surface area contributed by atoms with Crippen LogP contribution in [-0.4, -0.2) is 64.5 Å². The largest absolute Gasteiger partial charge is 0.495 e. The lowest BCUT2D eigenvalue weighted by Crippen LogP contribution is -2.47. The molecular weight excluding hydrogens is 518 g/mol. The fourth-order valence-electron chi connectivity index (χ4n) is 5.37. The predicted molar refractivity (Wildman–Crippen MR) is 164 cm³/mol. The number of rotatable bonds is 8. The van der Waals surface area contributed by atoms with Crippen LogP contribution in [0.15, 0.2) is 60.7 Å². The lowest BCUT2D eigenvalue weighted by molar-refractivity contribution is 0.0858. The number of ether oxygens (including phenoxy) is 2. The van der Waals surface area contributed by atoms with Crippen molar-refractivity contribution >= 4 is 34.7 Å². The van der Waals surface area contributed by atoms with Crippen molar-refractivity contribution in [1.82, 2.24) is 5.32 Å². The van der Waals surface area contributed by atoms with Gasteiger partial charge in [-0.25, -0.2) is 4.79 Å². The molecule has 2 aliphatic rings. The Morgan fingerprint density at radius 3 is 2.24 bits per heavy atom. The third-order valence-corrected chi connectivity index (χ3v) is 7.82. The molecule has 0 spiro atoms. The monoisotopic (exact) mass is 557 g/mol. The first kappa shape index (κ1) is 28.3. The van der Waals surface area contributed by atoms with E-state index in [1.54, 1.807) is 13.2 Å². The van der Waals surface area contributed by atoms with Crippen molar-refractivity contribution in [2.24, 2.45) is 0 Å². The van der Waals surface area contributed by atoms with Crippen molar-refractivity contribution in [1.29, 1.82) is 0 Å². The number of hydrogen-bond donors (Lipinski definition) is 3. The summed E-state index contributed by atoms with van der Waals surface area (Å²) in [5.74, 6) is 0.672. The maximum atomic E-state index is 13.5. The van der Waals surface area contributed by atoms with Crippen molar-refractivity contribution in [2.75, 3.05) is 66.9 Å². The maximum Gasteiger partial charge on any atom is 0.323 e. The van der Waals surface area contributed by atoms with Crippen LogP contribution in [0.2, 0.25) is 0 Å². The highest BCUT2D eigenvalue weighted by molar-refractivity contribution is 6.04. The van der Waals surface area contributed by atoms with Gasteiger partial charge < -0.3 is 35.2 Å². The van der Waals surface area contributed by atoms with E-state index in [9.17, 15) is 9.59 Å². The Bertz CT molecular complexity index is 1380. The van der Waals surface area contributed by atoms with Gasteiger partial charge in [-0.2, -0.15) is 0 Å². The summed E-state index contributed by atoms with van der Waals surface area (Å²) in [6.07, 6.45) is 1.99. The topological polar surface area (TPSA) is 95.2 Å². The Morgan fingerprint density at radius 2 is 1.56 bits per heavy atom. The van der Waals surface area contributed by atoms with Crippen LogP contribution in [0, 0.1) is 13.8 Å². The molecule has 3 aromatic carbocycles. The predicted octanol–water partition coefficient (Wildman–Crippen LogP) is 5.19. The summed E-state index contributed by atoms with van der Waals surface area (Å²) in [6.45, 7) is 8.29. The average molecular weight is 558 g/mol. The van der Waals surface area contributed by atoms with Gasteiger partial charge in [0.1, 0.15) is 5.75 Å². The highest BCUT2D eigenvalue weighted by Crippen LogP contribution is 2.31. The molecule has 9 heteroatoms. The molecule has 3 amide bonds. The van der Waals surface area contributed by atoms with E-state index in [4.69, 9.17) is 9.47 Å². The number of benzene rings is 3. The van der Waals surface area contributed by atoms with E-state index in [0.29, 0.717) is 23.5 Å². The van der Waals surface area contributed by atoms with E-state index in [0.717, 1.165) is 73.9 Å². The second-order valence-electron chi connectivity index (χ2n) is 10.6. The molecule has 0 bridgehead atoms. The minimum absolute atomic E-state index is 0.0387. The Labute approximate surface area is 241 Å². The van der Waals surface area contributed by atoms with Crippen molar-refractivity contribution in [2.45, 2.75) is 32.8 Å². The van der Waals surface area contributed by atoms with Gasteiger partial charge in [0.2, 0.25) is 0 Å². The smallest absolute Gasteiger partial charge is 0.323 e. The number of urea groups is 1. The number of piperazine rings is 1. The molecule has 9 nitrogen and oxygen atoms in total. The molecule has 2 saturated heterocycles. The molecule has 216 valence electrons. The quantitative estimate of drug-likeness (QED) is 0.353. The number of nitrogens with one attached hydrogen (secondary N) is 3. The van der Waals surface area contributed by atoms with Gasteiger partial charge in [0.05, 0.1) is 24.5 Å². The van der Waals surface area contributed by atoms with Gasteiger partial charge in [-0.05, 0) is 80.3 Å². The first-order valence-corrected chi connectivity index (χ1v) is 14.2. The zero-order valence-corrected chi connectivity index (χ0v) is 24.0. The van der Waals surface area contributed by atoms with Crippen LogP contribution in [0.3, 0.4) is 0 Å². The standard InChI is InChI=1S/C32H39N5O4/c1-22-10-11-24(19-23(22)2)34-32(39)35-25-12-13-28(27(20-25)31(38)33-21-26-7-6-18-41-26)36-14-16-37(17-15-36)29-8-4-5-9-30(29)40-3/h4-5,8-13,19-20,26H,6-7,14-18,21H2,1-3H3,(H,33,38)(H2,34,35,39). The molecule has 1 unspecified atom stereocenters. The number of anilines is 4. The third-order valence-electron chi connectivity index (χ3n) is 7.82. The molecule has 0 radical (unpaired) electrons. The number of nitrogens with zero attached hydrogens (tertiary/aromatic N) is 2. The molecule has 0 saturated carbocycles. The third kappa shape index (κ3) is 6.92. The van der Waals surface area contributed by atoms with Gasteiger partial charge in [-0.1, -0.05) is 18.2 Å². The number of methoxy groups -OCH3 is 1. The van der Waals surface area contributed by atoms with E-state index in [-0.39, 0.29) is 18.0 Å². The van der Waals surface area contributed by atoms with Crippen molar-refractivity contribution in [3.05, 3.63) is 77.4 Å². The lowest BCUT2D eigenvalue weighted by atomic mass is 10.1. The normalized spacial score (nSPS) is 16.8. The van der Waals surface area contributed by atoms with E-state index in [1.807, 2.05) is 62.4 Å². The first-order valence-electron chi connectivity index (χ1n) is 14.2. The van der Waals surface area contributed by atoms with Gasteiger partial charge in [0, 0.05) is 56.4 Å². The Kier molecular flexibility index (Phi) is 8.94. The fourth-order valence-corrected chi connectivity index (χ4v) is 5.37. The Balaban J connectivity index is 1.31. The van der Waals surface area contributed by atoms with E-state index < -0.39 is 0 Å². The van der Waals surface area contributed by atoms with Crippen LogP contribution in [0.4, 0.5) is 27.5 Å². The molecule has 1 atom stereocenters. The minimum Gasteiger partial charge on any atom is -0.495 e. The van der Waals surface area contributed by atoms with E-state index in [1.165, 1.54) is 0 Å². The number of hydrogen-bond acceptors (Lipinski definition) is 6. The second-order valence-corrected chi connectivity index (χ2v) is 10.6.